The van der Waals surface area contributed by atoms with E-state index in [1.54, 1.807) is 11.9 Å². The molecule has 140 valence electrons. The Kier molecular flexibility index (Phi) is 5.59. The summed E-state index contributed by atoms with van der Waals surface area (Å²) in [6.45, 7) is 2.94. The van der Waals surface area contributed by atoms with Crippen LogP contribution in [0.15, 0.2) is 35.3 Å². The van der Waals surface area contributed by atoms with Crippen LogP contribution in [0.5, 0.6) is 5.75 Å². The Morgan fingerprint density at radius 2 is 2.00 bits per heavy atom. The molecule has 1 N–H and O–H groups in total. The Morgan fingerprint density at radius 3 is 2.62 bits per heavy atom. The molecular formula is C20H27N3O3. The molecule has 26 heavy (non-hydrogen) atoms. The van der Waals surface area contributed by atoms with Gasteiger partial charge >= 0.3 is 0 Å². The first kappa shape index (κ1) is 18.4. The van der Waals surface area contributed by atoms with Gasteiger partial charge in [-0.1, -0.05) is 25.1 Å². The van der Waals surface area contributed by atoms with Gasteiger partial charge in [-0.3, -0.25) is 14.6 Å². The fraction of sp³-hybridized carbons (Fsp3) is 0.550. The fourth-order valence-corrected chi connectivity index (χ4v) is 3.80. The zero-order chi connectivity index (χ0) is 18.6. The van der Waals surface area contributed by atoms with E-state index in [4.69, 9.17) is 9.73 Å². The Morgan fingerprint density at radius 1 is 1.31 bits per heavy atom. The number of rotatable bonds is 6. The number of ether oxygens (including phenoxy) is 1. The number of nitrogens with one attached hydrogen (secondary N) is 1. The highest BCUT2D eigenvalue weighted by atomic mass is 16.5. The highest BCUT2D eigenvalue weighted by Gasteiger charge is 2.48. The van der Waals surface area contributed by atoms with Gasteiger partial charge in [0.05, 0.1) is 6.54 Å². The van der Waals surface area contributed by atoms with Crippen molar-refractivity contribution in [1.82, 2.24) is 10.2 Å². The molecule has 1 aliphatic carbocycles. The molecule has 6 nitrogen and oxygen atoms in total. The second kappa shape index (κ2) is 7.89. The van der Waals surface area contributed by atoms with Gasteiger partial charge < -0.3 is 15.0 Å². The van der Waals surface area contributed by atoms with Crippen LogP contribution in [0.4, 0.5) is 0 Å². The molecular weight excluding hydrogens is 330 g/mol. The monoisotopic (exact) mass is 357 g/mol. The van der Waals surface area contributed by atoms with E-state index in [0.29, 0.717) is 38.8 Å². The van der Waals surface area contributed by atoms with Gasteiger partial charge in [0.15, 0.2) is 0 Å². The molecule has 1 aromatic carbocycles. The molecule has 1 aromatic rings. The molecule has 2 aliphatic rings. The lowest BCUT2D eigenvalue weighted by molar-refractivity contribution is -0.134. The van der Waals surface area contributed by atoms with Crippen molar-refractivity contribution in [3.8, 4) is 5.75 Å². The zero-order valence-corrected chi connectivity index (χ0v) is 15.5. The molecule has 1 heterocycles. The van der Waals surface area contributed by atoms with Crippen LogP contribution >= 0.6 is 0 Å². The molecule has 0 aromatic heterocycles. The number of amides is 2. The smallest absolute Gasteiger partial charge is 0.255 e. The first-order valence-electron chi connectivity index (χ1n) is 9.38. The highest BCUT2D eigenvalue weighted by molar-refractivity contribution is 6.08. The van der Waals surface area contributed by atoms with Crippen molar-refractivity contribution < 1.29 is 14.3 Å². The summed E-state index contributed by atoms with van der Waals surface area (Å²) < 4.78 is 5.59. The number of hydrogen-bond donors (Lipinski definition) is 1. The number of carbonyl (C=O) groups excluding carboxylic acids is 2. The van der Waals surface area contributed by atoms with Crippen LogP contribution in [-0.2, 0) is 9.59 Å². The Hall–Kier alpha value is -2.37. The summed E-state index contributed by atoms with van der Waals surface area (Å²) in [5.74, 6) is 1.75. The molecule has 1 spiro atoms. The second-order valence-corrected chi connectivity index (χ2v) is 7.00. The second-order valence-electron chi connectivity index (χ2n) is 7.00. The molecule has 0 atom stereocenters. The molecule has 1 fully saturated rings. The van der Waals surface area contributed by atoms with Gasteiger partial charge in [0.25, 0.3) is 5.91 Å². The summed E-state index contributed by atoms with van der Waals surface area (Å²) in [6, 6.07) is 9.55. The largest absolute Gasteiger partial charge is 0.492 e. The third-order valence-electron chi connectivity index (χ3n) is 5.35. The van der Waals surface area contributed by atoms with Gasteiger partial charge in [0.1, 0.15) is 23.7 Å². The van der Waals surface area contributed by atoms with E-state index in [1.165, 1.54) is 0 Å². The molecule has 6 heteroatoms. The van der Waals surface area contributed by atoms with Crippen LogP contribution in [0, 0.1) is 5.92 Å². The summed E-state index contributed by atoms with van der Waals surface area (Å²) in [4.78, 5) is 31.3. The van der Waals surface area contributed by atoms with E-state index >= 15 is 0 Å². The number of hydrogen-bond acceptors (Lipinski definition) is 4. The standard InChI is InChI=1S/C20H27N3O3/c1-3-17-22-20(19(25)23(17)2)11-9-15(10-12-20)18(24)21-13-14-26-16-7-5-4-6-8-16/h4-8,15H,3,9-14H2,1-2H3,(H,21,24). The summed E-state index contributed by atoms with van der Waals surface area (Å²) in [7, 11) is 1.80. The molecule has 2 amide bonds. The first-order chi connectivity index (χ1) is 12.6. The number of benzene rings is 1. The van der Waals surface area contributed by atoms with Crippen LogP contribution < -0.4 is 10.1 Å². The average molecular weight is 357 g/mol. The normalized spacial score (nSPS) is 25.3. The van der Waals surface area contributed by atoms with Crippen LogP contribution in [0.3, 0.4) is 0 Å². The van der Waals surface area contributed by atoms with E-state index in [9.17, 15) is 9.59 Å². The Balaban J connectivity index is 1.44. The number of likely N-dealkylation sites (N-methyl/N-ethyl adjacent to an activating group) is 1. The van der Waals surface area contributed by atoms with Gasteiger partial charge in [0.2, 0.25) is 5.91 Å². The molecule has 0 unspecified atom stereocenters. The van der Waals surface area contributed by atoms with E-state index in [1.807, 2.05) is 37.3 Å². The SMILES string of the molecule is CCC1=NC2(CCC(C(=O)NCCOc3ccccc3)CC2)C(=O)N1C. The van der Waals surface area contributed by atoms with E-state index < -0.39 is 5.54 Å². The number of carbonyl (C=O) groups is 2. The Bertz CT molecular complexity index is 679. The number of nitrogens with zero attached hydrogens (tertiary/aromatic N) is 2. The minimum absolute atomic E-state index is 0.0451. The first-order valence-corrected chi connectivity index (χ1v) is 9.38. The van der Waals surface area contributed by atoms with Crippen molar-refractivity contribution >= 4 is 17.6 Å². The van der Waals surface area contributed by atoms with Crippen LogP contribution in [-0.4, -0.2) is 48.3 Å². The number of aliphatic imine (C=N–C) groups is 1. The fourth-order valence-electron chi connectivity index (χ4n) is 3.80. The lowest BCUT2D eigenvalue weighted by Gasteiger charge is -2.32. The predicted molar refractivity (Wildman–Crippen MR) is 100 cm³/mol. The summed E-state index contributed by atoms with van der Waals surface area (Å²) in [5.41, 5.74) is -0.618. The van der Waals surface area contributed by atoms with Crippen LogP contribution in [0.25, 0.3) is 0 Å². The Labute approximate surface area is 154 Å². The van der Waals surface area contributed by atoms with Crippen molar-refractivity contribution in [2.45, 2.75) is 44.6 Å². The van der Waals surface area contributed by atoms with Gasteiger partial charge in [-0.2, -0.15) is 0 Å². The van der Waals surface area contributed by atoms with E-state index in [0.717, 1.165) is 18.0 Å². The van der Waals surface area contributed by atoms with Crippen molar-refractivity contribution in [2.75, 3.05) is 20.2 Å². The summed E-state index contributed by atoms with van der Waals surface area (Å²) in [6.07, 6.45) is 3.46. The topological polar surface area (TPSA) is 71.0 Å². The van der Waals surface area contributed by atoms with Gasteiger partial charge in [-0.05, 0) is 37.8 Å². The van der Waals surface area contributed by atoms with Gasteiger partial charge in [-0.15, -0.1) is 0 Å². The molecule has 0 bridgehead atoms. The molecule has 0 radical (unpaired) electrons. The van der Waals surface area contributed by atoms with Crippen molar-refractivity contribution in [3.63, 3.8) is 0 Å². The summed E-state index contributed by atoms with van der Waals surface area (Å²) in [5, 5.41) is 2.95. The lowest BCUT2D eigenvalue weighted by atomic mass is 9.76. The maximum Gasteiger partial charge on any atom is 0.255 e. The lowest BCUT2D eigenvalue weighted by Crippen LogP contribution is -2.45. The third-order valence-corrected chi connectivity index (χ3v) is 5.35. The third kappa shape index (κ3) is 3.74. The molecule has 1 saturated carbocycles. The van der Waals surface area contributed by atoms with Crippen LogP contribution in [0.2, 0.25) is 0 Å². The average Bonchev–Trinajstić information content (AvgIpc) is 2.91. The maximum absolute atomic E-state index is 12.6. The van der Waals surface area contributed by atoms with Crippen molar-refractivity contribution in [2.24, 2.45) is 10.9 Å². The summed E-state index contributed by atoms with van der Waals surface area (Å²) >= 11 is 0. The van der Waals surface area contributed by atoms with E-state index in [-0.39, 0.29) is 17.7 Å². The highest BCUT2D eigenvalue weighted by Crippen LogP contribution is 2.39. The van der Waals surface area contributed by atoms with E-state index in [2.05, 4.69) is 5.32 Å². The minimum Gasteiger partial charge on any atom is -0.492 e. The minimum atomic E-state index is -0.618. The predicted octanol–water partition coefficient (Wildman–Crippen LogP) is 2.39. The zero-order valence-electron chi connectivity index (χ0n) is 15.5. The molecule has 3 rings (SSSR count). The number of amidine groups is 1. The van der Waals surface area contributed by atoms with Crippen molar-refractivity contribution in [1.29, 1.82) is 0 Å². The number of para-hydroxylation sites is 1. The van der Waals surface area contributed by atoms with Gasteiger partial charge in [0, 0.05) is 19.4 Å². The van der Waals surface area contributed by atoms with Crippen LogP contribution in [0.1, 0.15) is 39.0 Å². The molecule has 1 aliphatic heterocycles. The van der Waals surface area contributed by atoms with Crippen molar-refractivity contribution in [3.05, 3.63) is 30.3 Å². The quantitative estimate of drug-likeness (QED) is 0.795. The van der Waals surface area contributed by atoms with Gasteiger partial charge in [-0.25, -0.2) is 0 Å². The molecule has 0 saturated heterocycles. The maximum atomic E-state index is 12.6.